The summed E-state index contributed by atoms with van der Waals surface area (Å²) >= 11 is 0. The Hall–Kier alpha value is -2.06. The highest BCUT2D eigenvalue weighted by molar-refractivity contribution is 5.89. The number of amides is 2. The normalized spacial score (nSPS) is 17.1. The average Bonchev–Trinajstić information content (AvgIpc) is 2.49. The second-order valence-corrected chi connectivity index (χ2v) is 5.38. The SMILES string of the molecule is CCC(C#N)N1CCN(C(=O)Nc2cccc(C)c2)CC1. The number of nitrogens with one attached hydrogen (secondary N) is 1. The summed E-state index contributed by atoms with van der Waals surface area (Å²) in [5, 5.41) is 12.0. The Morgan fingerprint density at radius 3 is 2.67 bits per heavy atom. The summed E-state index contributed by atoms with van der Waals surface area (Å²) in [5.41, 5.74) is 1.95. The quantitative estimate of drug-likeness (QED) is 0.928. The number of aryl methyl sites for hydroxylation is 1. The lowest BCUT2D eigenvalue weighted by Crippen LogP contribution is -2.52. The van der Waals surface area contributed by atoms with Crippen molar-refractivity contribution in [1.82, 2.24) is 9.80 Å². The monoisotopic (exact) mass is 286 g/mol. The number of urea groups is 1. The van der Waals surface area contributed by atoms with E-state index in [1.807, 2.05) is 43.0 Å². The maximum atomic E-state index is 12.2. The molecule has 2 rings (SSSR count). The molecule has 112 valence electrons. The smallest absolute Gasteiger partial charge is 0.321 e. The van der Waals surface area contributed by atoms with Crippen LogP contribution in [0.15, 0.2) is 24.3 Å². The van der Waals surface area contributed by atoms with Gasteiger partial charge in [0.25, 0.3) is 0 Å². The van der Waals surface area contributed by atoms with Crippen LogP contribution in [0.5, 0.6) is 0 Å². The summed E-state index contributed by atoms with van der Waals surface area (Å²) in [6.07, 6.45) is 0.825. The van der Waals surface area contributed by atoms with E-state index in [4.69, 9.17) is 5.26 Å². The van der Waals surface area contributed by atoms with Crippen LogP contribution in [0.1, 0.15) is 18.9 Å². The Balaban J connectivity index is 1.87. The van der Waals surface area contributed by atoms with Crippen molar-refractivity contribution in [3.63, 3.8) is 0 Å². The lowest BCUT2D eigenvalue weighted by atomic mass is 10.2. The fourth-order valence-corrected chi connectivity index (χ4v) is 2.59. The molecule has 1 saturated heterocycles. The standard InChI is InChI=1S/C16H22N4O/c1-3-15(12-17)19-7-9-20(10-8-19)16(21)18-14-6-4-5-13(2)11-14/h4-6,11,15H,3,7-10H2,1-2H3,(H,18,21). The summed E-state index contributed by atoms with van der Waals surface area (Å²) in [6, 6.07) is 10.0. The third-order valence-electron chi connectivity index (χ3n) is 3.85. The zero-order valence-corrected chi connectivity index (χ0v) is 12.7. The van der Waals surface area contributed by atoms with Crippen LogP contribution in [0, 0.1) is 18.3 Å². The molecule has 0 bridgehead atoms. The Morgan fingerprint density at radius 2 is 2.10 bits per heavy atom. The minimum Gasteiger partial charge on any atom is -0.322 e. The average molecular weight is 286 g/mol. The van der Waals surface area contributed by atoms with Crippen LogP contribution in [0.3, 0.4) is 0 Å². The van der Waals surface area contributed by atoms with Gasteiger partial charge in [-0.3, -0.25) is 4.90 Å². The van der Waals surface area contributed by atoms with Crippen molar-refractivity contribution in [1.29, 1.82) is 5.26 Å². The van der Waals surface area contributed by atoms with Crippen molar-refractivity contribution in [2.75, 3.05) is 31.5 Å². The van der Waals surface area contributed by atoms with E-state index in [1.54, 1.807) is 0 Å². The van der Waals surface area contributed by atoms with Crippen LogP contribution in [0.2, 0.25) is 0 Å². The maximum absolute atomic E-state index is 12.2. The van der Waals surface area contributed by atoms with Crippen molar-refractivity contribution in [2.24, 2.45) is 0 Å². The van der Waals surface area contributed by atoms with Gasteiger partial charge in [-0.05, 0) is 31.0 Å². The first-order valence-corrected chi connectivity index (χ1v) is 7.40. The second kappa shape index (κ2) is 7.09. The van der Waals surface area contributed by atoms with Gasteiger partial charge < -0.3 is 10.2 Å². The maximum Gasteiger partial charge on any atom is 0.321 e. The third kappa shape index (κ3) is 3.96. The fraction of sp³-hybridized carbons (Fsp3) is 0.500. The van der Waals surface area contributed by atoms with Crippen molar-refractivity contribution in [3.8, 4) is 6.07 Å². The number of carbonyl (C=O) groups is 1. The molecular weight excluding hydrogens is 264 g/mol. The molecule has 5 heteroatoms. The molecule has 0 spiro atoms. The molecule has 2 amide bonds. The molecular formula is C16H22N4O. The van der Waals surface area contributed by atoms with Crippen LogP contribution in [-0.2, 0) is 0 Å². The number of hydrogen-bond acceptors (Lipinski definition) is 3. The van der Waals surface area contributed by atoms with Crippen molar-refractivity contribution in [3.05, 3.63) is 29.8 Å². The molecule has 0 aromatic heterocycles. The summed E-state index contributed by atoms with van der Waals surface area (Å²) in [6.45, 7) is 6.86. The Bertz CT molecular complexity index is 529. The molecule has 1 N–H and O–H groups in total. The number of hydrogen-bond donors (Lipinski definition) is 1. The summed E-state index contributed by atoms with van der Waals surface area (Å²) in [5.74, 6) is 0. The van der Waals surface area contributed by atoms with Gasteiger partial charge in [0.2, 0.25) is 0 Å². The first-order chi connectivity index (χ1) is 10.1. The van der Waals surface area contributed by atoms with Crippen molar-refractivity contribution < 1.29 is 4.79 Å². The van der Waals surface area contributed by atoms with E-state index in [0.29, 0.717) is 13.1 Å². The lowest BCUT2D eigenvalue weighted by molar-refractivity contribution is 0.129. The van der Waals surface area contributed by atoms with Crippen LogP contribution >= 0.6 is 0 Å². The van der Waals surface area contributed by atoms with Crippen LogP contribution in [0.25, 0.3) is 0 Å². The van der Waals surface area contributed by atoms with Gasteiger partial charge in [0, 0.05) is 31.9 Å². The molecule has 21 heavy (non-hydrogen) atoms. The van der Waals surface area contributed by atoms with E-state index in [9.17, 15) is 4.79 Å². The van der Waals surface area contributed by atoms with Gasteiger partial charge in [0.1, 0.15) is 0 Å². The molecule has 1 heterocycles. The summed E-state index contributed by atoms with van der Waals surface area (Å²) in [4.78, 5) is 16.2. The van der Waals surface area contributed by atoms with Crippen molar-refractivity contribution >= 4 is 11.7 Å². The number of anilines is 1. The highest BCUT2D eigenvalue weighted by Gasteiger charge is 2.25. The predicted octanol–water partition coefficient (Wildman–Crippen LogP) is 2.45. The predicted molar refractivity (Wildman–Crippen MR) is 83.0 cm³/mol. The molecule has 1 fully saturated rings. The number of nitrogens with zero attached hydrogens (tertiary/aromatic N) is 3. The number of carbonyl (C=O) groups excluding carboxylic acids is 1. The van der Waals surface area contributed by atoms with Gasteiger partial charge >= 0.3 is 6.03 Å². The molecule has 1 unspecified atom stereocenters. The molecule has 0 radical (unpaired) electrons. The highest BCUT2D eigenvalue weighted by Crippen LogP contribution is 2.13. The highest BCUT2D eigenvalue weighted by atomic mass is 16.2. The van der Waals surface area contributed by atoms with Crippen LogP contribution in [0.4, 0.5) is 10.5 Å². The van der Waals surface area contributed by atoms with Gasteiger partial charge in [0.05, 0.1) is 12.1 Å². The summed E-state index contributed by atoms with van der Waals surface area (Å²) in [7, 11) is 0. The number of piperazine rings is 1. The Kier molecular flexibility index (Phi) is 5.18. The zero-order chi connectivity index (χ0) is 15.2. The molecule has 0 aliphatic carbocycles. The molecule has 1 aromatic carbocycles. The second-order valence-electron chi connectivity index (χ2n) is 5.38. The van der Waals surface area contributed by atoms with Gasteiger partial charge in [-0.15, -0.1) is 0 Å². The van der Waals surface area contributed by atoms with E-state index in [2.05, 4.69) is 16.3 Å². The first-order valence-electron chi connectivity index (χ1n) is 7.40. The number of benzene rings is 1. The van der Waals surface area contributed by atoms with Gasteiger partial charge in [0.15, 0.2) is 0 Å². The van der Waals surface area contributed by atoms with E-state index in [0.717, 1.165) is 30.8 Å². The summed E-state index contributed by atoms with van der Waals surface area (Å²) < 4.78 is 0. The largest absolute Gasteiger partial charge is 0.322 e. The van der Waals surface area contributed by atoms with Gasteiger partial charge in [-0.25, -0.2) is 4.79 Å². The number of rotatable bonds is 3. The van der Waals surface area contributed by atoms with Gasteiger partial charge in [-0.2, -0.15) is 5.26 Å². The molecule has 1 aliphatic rings. The Morgan fingerprint density at radius 1 is 1.38 bits per heavy atom. The zero-order valence-electron chi connectivity index (χ0n) is 12.7. The molecule has 1 aromatic rings. The van der Waals surface area contributed by atoms with E-state index in [1.165, 1.54) is 0 Å². The first kappa shape index (κ1) is 15.3. The molecule has 0 saturated carbocycles. The fourth-order valence-electron chi connectivity index (χ4n) is 2.59. The van der Waals surface area contributed by atoms with Crippen LogP contribution in [-0.4, -0.2) is 48.1 Å². The molecule has 5 nitrogen and oxygen atoms in total. The topological polar surface area (TPSA) is 59.4 Å². The van der Waals surface area contributed by atoms with E-state index < -0.39 is 0 Å². The third-order valence-corrected chi connectivity index (χ3v) is 3.85. The van der Waals surface area contributed by atoms with Crippen LogP contribution < -0.4 is 5.32 Å². The van der Waals surface area contributed by atoms with Gasteiger partial charge in [-0.1, -0.05) is 19.1 Å². The van der Waals surface area contributed by atoms with E-state index >= 15 is 0 Å². The molecule has 1 aliphatic heterocycles. The number of nitriles is 1. The Labute approximate surface area is 126 Å². The van der Waals surface area contributed by atoms with E-state index in [-0.39, 0.29) is 12.1 Å². The van der Waals surface area contributed by atoms with Crippen molar-refractivity contribution in [2.45, 2.75) is 26.3 Å². The lowest BCUT2D eigenvalue weighted by Gasteiger charge is -2.36. The minimum absolute atomic E-state index is 0.0352. The molecule has 1 atom stereocenters. The minimum atomic E-state index is -0.0646.